The lowest BCUT2D eigenvalue weighted by Gasteiger charge is -2.21. The molecule has 0 aliphatic rings. The zero-order chi connectivity index (χ0) is 23.8. The number of aromatic nitrogens is 4. The Kier molecular flexibility index (Phi) is 6.46. The Labute approximate surface area is 197 Å². The first-order chi connectivity index (χ1) is 15.7. The number of nitrogens with one attached hydrogen (secondary N) is 1. The van der Waals surface area contributed by atoms with E-state index in [1.54, 1.807) is 38.6 Å². The molecule has 170 valence electrons. The lowest BCUT2D eigenvalue weighted by Crippen LogP contribution is -2.13. The molecular formula is C24H24ClFN5OP. The van der Waals surface area contributed by atoms with E-state index in [0.29, 0.717) is 38.4 Å². The van der Waals surface area contributed by atoms with Crippen LogP contribution in [-0.2, 0) is 4.57 Å². The van der Waals surface area contributed by atoms with Crippen molar-refractivity contribution in [3.8, 4) is 11.3 Å². The second-order valence-corrected chi connectivity index (χ2v) is 11.7. The molecule has 0 aliphatic carbocycles. The van der Waals surface area contributed by atoms with Gasteiger partial charge in [0, 0.05) is 24.0 Å². The summed E-state index contributed by atoms with van der Waals surface area (Å²) in [6.45, 7) is 7.10. The summed E-state index contributed by atoms with van der Waals surface area (Å²) in [4.78, 5) is 17.8. The van der Waals surface area contributed by atoms with Gasteiger partial charge in [-0.2, -0.15) is 0 Å². The van der Waals surface area contributed by atoms with Gasteiger partial charge in [-0.15, -0.1) is 0 Å². The van der Waals surface area contributed by atoms with Crippen molar-refractivity contribution in [2.24, 2.45) is 0 Å². The Hall–Kier alpha value is -2.89. The van der Waals surface area contributed by atoms with Crippen LogP contribution in [0.4, 0.5) is 10.1 Å². The zero-order valence-corrected chi connectivity index (χ0v) is 20.5. The van der Waals surface area contributed by atoms with Crippen LogP contribution in [0.1, 0.15) is 30.8 Å². The summed E-state index contributed by atoms with van der Waals surface area (Å²) in [5.41, 5.74) is 3.95. The molecule has 0 spiro atoms. The number of nitrogens with zero attached hydrogens (tertiary/aromatic N) is 4. The summed E-state index contributed by atoms with van der Waals surface area (Å²) in [6, 6.07) is 10.3. The molecule has 1 unspecified atom stereocenters. The van der Waals surface area contributed by atoms with Crippen LogP contribution in [0.25, 0.3) is 22.3 Å². The maximum Gasteiger partial charge on any atom is 0.151 e. The molecule has 4 heterocycles. The van der Waals surface area contributed by atoms with Gasteiger partial charge in [0.05, 0.1) is 39.1 Å². The van der Waals surface area contributed by atoms with Crippen LogP contribution in [0, 0.1) is 12.7 Å². The number of fused-ring (bicyclic) bond motifs is 1. The zero-order valence-electron chi connectivity index (χ0n) is 18.8. The first-order valence-electron chi connectivity index (χ1n) is 10.5. The summed E-state index contributed by atoms with van der Waals surface area (Å²) in [6.07, 6.45) is 3.99. The summed E-state index contributed by atoms with van der Waals surface area (Å²) in [5, 5.41) is 3.88. The lowest BCUT2D eigenvalue weighted by atomic mass is 10.1. The van der Waals surface area contributed by atoms with Crippen molar-refractivity contribution in [2.45, 2.75) is 26.3 Å². The molecule has 0 radical (unpaired) electrons. The topological polar surface area (TPSA) is 80.7 Å². The third-order valence-corrected chi connectivity index (χ3v) is 7.19. The van der Waals surface area contributed by atoms with Gasteiger partial charge >= 0.3 is 0 Å². The van der Waals surface area contributed by atoms with Crippen molar-refractivity contribution >= 4 is 40.9 Å². The van der Waals surface area contributed by atoms with E-state index in [-0.39, 0.29) is 11.7 Å². The largest absolute Gasteiger partial charge is 0.374 e. The number of hydrogen-bond acceptors (Lipinski definition) is 6. The Morgan fingerprint density at radius 1 is 1.15 bits per heavy atom. The number of anilines is 1. The van der Waals surface area contributed by atoms with Crippen LogP contribution in [0.15, 0.2) is 48.8 Å². The molecule has 9 heteroatoms. The fraction of sp³-hybridized carbons (Fsp3) is 0.250. The SMILES string of the molecule is CCC(Nc1c(Cl)c(C)nc2cc(F)c(-c3ccc(P(C)(C)=O)nc3)nc12)c1ccccn1. The van der Waals surface area contributed by atoms with Gasteiger partial charge in [-0.25, -0.2) is 14.4 Å². The van der Waals surface area contributed by atoms with E-state index in [9.17, 15) is 4.57 Å². The minimum absolute atomic E-state index is 0.117. The van der Waals surface area contributed by atoms with Crippen LogP contribution < -0.4 is 10.8 Å². The van der Waals surface area contributed by atoms with E-state index in [1.165, 1.54) is 12.3 Å². The standard InChI is InChI=1S/C24H24ClFN5OP/c1-5-17(18-8-6-7-11-27-18)30-24-21(25)14(2)29-19-12-16(26)22(31-23(19)24)15-9-10-20(28-13-15)33(3,4)32/h6-13,17H,5H2,1-4H3,(H,29,30). The number of aryl methyl sites for hydroxylation is 1. The van der Waals surface area contributed by atoms with Crippen LogP contribution in [0.3, 0.4) is 0 Å². The summed E-state index contributed by atoms with van der Waals surface area (Å²) < 4.78 is 27.3. The highest BCUT2D eigenvalue weighted by atomic mass is 35.5. The van der Waals surface area contributed by atoms with Crippen molar-refractivity contribution in [3.05, 3.63) is 71.0 Å². The highest BCUT2D eigenvalue weighted by molar-refractivity contribution is 7.69. The number of halogens is 2. The monoisotopic (exact) mass is 483 g/mol. The van der Waals surface area contributed by atoms with Crippen molar-refractivity contribution in [1.29, 1.82) is 0 Å². The maximum absolute atomic E-state index is 15.0. The highest BCUT2D eigenvalue weighted by Gasteiger charge is 2.21. The molecule has 6 nitrogen and oxygen atoms in total. The Bertz CT molecular complexity index is 1360. The lowest BCUT2D eigenvalue weighted by molar-refractivity contribution is 0.588. The molecule has 33 heavy (non-hydrogen) atoms. The molecule has 0 aromatic carbocycles. The minimum Gasteiger partial charge on any atom is -0.374 e. The quantitative estimate of drug-likeness (QED) is 0.339. The van der Waals surface area contributed by atoms with Crippen LogP contribution in [0.2, 0.25) is 5.02 Å². The van der Waals surface area contributed by atoms with Crippen molar-refractivity contribution in [2.75, 3.05) is 18.6 Å². The van der Waals surface area contributed by atoms with Gasteiger partial charge in [0.1, 0.15) is 18.4 Å². The molecule has 4 aromatic heterocycles. The highest BCUT2D eigenvalue weighted by Crippen LogP contribution is 2.37. The molecule has 0 amide bonds. The summed E-state index contributed by atoms with van der Waals surface area (Å²) in [7, 11) is -2.52. The van der Waals surface area contributed by atoms with Crippen LogP contribution in [-0.4, -0.2) is 33.3 Å². The molecule has 0 aliphatic heterocycles. The number of pyridine rings is 4. The Balaban J connectivity index is 1.85. The average molecular weight is 484 g/mol. The molecule has 1 N–H and O–H groups in total. The molecule has 0 fully saturated rings. The molecular weight excluding hydrogens is 460 g/mol. The van der Waals surface area contributed by atoms with Crippen LogP contribution in [0.5, 0.6) is 0 Å². The van der Waals surface area contributed by atoms with Gasteiger partial charge in [-0.1, -0.05) is 24.6 Å². The molecule has 4 aromatic rings. The van der Waals surface area contributed by atoms with E-state index in [2.05, 4.69) is 25.3 Å². The third-order valence-electron chi connectivity index (χ3n) is 5.36. The minimum atomic E-state index is -2.52. The van der Waals surface area contributed by atoms with Crippen molar-refractivity contribution in [3.63, 3.8) is 0 Å². The van der Waals surface area contributed by atoms with E-state index < -0.39 is 13.0 Å². The fourth-order valence-corrected chi connectivity index (χ4v) is 4.54. The molecule has 0 saturated heterocycles. The molecule has 4 rings (SSSR count). The molecule has 1 atom stereocenters. The first-order valence-corrected chi connectivity index (χ1v) is 13.5. The van der Waals surface area contributed by atoms with Gasteiger partial charge in [-0.3, -0.25) is 9.97 Å². The van der Waals surface area contributed by atoms with Crippen molar-refractivity contribution in [1.82, 2.24) is 19.9 Å². The Morgan fingerprint density at radius 2 is 1.94 bits per heavy atom. The predicted octanol–water partition coefficient (Wildman–Crippen LogP) is 6.00. The predicted molar refractivity (Wildman–Crippen MR) is 132 cm³/mol. The van der Waals surface area contributed by atoms with E-state index in [1.807, 2.05) is 25.1 Å². The number of hydrogen-bond donors (Lipinski definition) is 1. The third kappa shape index (κ3) is 4.75. The Morgan fingerprint density at radius 3 is 2.55 bits per heavy atom. The van der Waals surface area contributed by atoms with Gasteiger partial charge in [0.15, 0.2) is 5.82 Å². The second-order valence-electron chi connectivity index (χ2n) is 8.19. The smallest absolute Gasteiger partial charge is 0.151 e. The van der Waals surface area contributed by atoms with E-state index in [4.69, 9.17) is 11.6 Å². The second kappa shape index (κ2) is 9.16. The van der Waals surface area contributed by atoms with E-state index >= 15 is 4.39 Å². The van der Waals surface area contributed by atoms with Gasteiger partial charge in [0.25, 0.3) is 0 Å². The van der Waals surface area contributed by atoms with Gasteiger partial charge < -0.3 is 9.88 Å². The maximum atomic E-state index is 15.0. The van der Waals surface area contributed by atoms with Crippen LogP contribution >= 0.6 is 18.7 Å². The number of rotatable bonds is 6. The molecule has 0 saturated carbocycles. The van der Waals surface area contributed by atoms with E-state index in [0.717, 1.165) is 12.1 Å². The average Bonchev–Trinajstić information content (AvgIpc) is 2.79. The summed E-state index contributed by atoms with van der Waals surface area (Å²) in [5.74, 6) is -0.523. The summed E-state index contributed by atoms with van der Waals surface area (Å²) >= 11 is 6.65. The van der Waals surface area contributed by atoms with Gasteiger partial charge in [-0.05, 0) is 50.9 Å². The fourth-order valence-electron chi connectivity index (χ4n) is 3.58. The van der Waals surface area contributed by atoms with Crippen molar-refractivity contribution < 1.29 is 8.96 Å². The molecule has 0 bridgehead atoms. The first kappa shape index (κ1) is 23.3. The van der Waals surface area contributed by atoms with Gasteiger partial charge in [0.2, 0.25) is 0 Å². The normalized spacial score (nSPS) is 12.7.